The molecule has 0 aromatic heterocycles. The van der Waals surface area contributed by atoms with E-state index in [1.165, 1.54) is 24.3 Å². The Morgan fingerprint density at radius 2 is 1.90 bits per heavy atom. The van der Waals surface area contributed by atoms with Crippen molar-refractivity contribution in [2.45, 2.75) is 6.61 Å². The second-order valence-corrected chi connectivity index (χ2v) is 3.90. The first-order valence-electron chi connectivity index (χ1n) is 6.16. The molecule has 0 spiro atoms. The van der Waals surface area contributed by atoms with Gasteiger partial charge in [-0.05, 0) is 24.3 Å². The Labute approximate surface area is 116 Å². The van der Waals surface area contributed by atoms with Crippen molar-refractivity contribution in [2.24, 2.45) is 0 Å². The average Bonchev–Trinajstić information content (AvgIpc) is 2.42. The highest BCUT2D eigenvalue weighted by Crippen LogP contribution is 2.14. The first kappa shape index (κ1) is 16.3. The summed E-state index contributed by atoms with van der Waals surface area (Å²) >= 11 is 0. The number of hydrogen-bond donors (Lipinski definition) is 2. The number of rotatable bonds is 9. The number of carbonyl (C=O) groups is 1. The molecule has 1 amide bonds. The summed E-state index contributed by atoms with van der Waals surface area (Å²) in [5.74, 6) is -0.236. The lowest BCUT2D eigenvalue weighted by atomic mass is 10.2. The van der Waals surface area contributed by atoms with E-state index in [0.29, 0.717) is 31.8 Å². The molecule has 0 heterocycles. The summed E-state index contributed by atoms with van der Waals surface area (Å²) in [4.78, 5) is 11.7. The second-order valence-electron chi connectivity index (χ2n) is 3.90. The summed E-state index contributed by atoms with van der Waals surface area (Å²) in [5.41, 5.74) is 0.392. The van der Waals surface area contributed by atoms with Crippen molar-refractivity contribution in [3.8, 4) is 5.75 Å². The zero-order valence-corrected chi connectivity index (χ0v) is 11.2. The van der Waals surface area contributed by atoms with Crippen LogP contribution in [-0.2, 0) is 4.74 Å². The fourth-order valence-corrected chi connectivity index (χ4v) is 1.45. The van der Waals surface area contributed by atoms with E-state index in [0.717, 1.165) is 0 Å². The zero-order chi connectivity index (χ0) is 14.8. The molecular weight excluding hydrogens is 270 g/mol. The monoisotopic (exact) mass is 288 g/mol. The van der Waals surface area contributed by atoms with Gasteiger partial charge in [0.15, 0.2) is 0 Å². The molecule has 2 N–H and O–H groups in total. The first-order valence-corrected chi connectivity index (χ1v) is 6.16. The fourth-order valence-electron chi connectivity index (χ4n) is 1.45. The van der Waals surface area contributed by atoms with Gasteiger partial charge in [0.05, 0.1) is 6.61 Å². The maximum absolute atomic E-state index is 12.0. The number of ether oxygens (including phenoxy) is 2. The Hall–Kier alpha value is -1.73. The Balaban J connectivity index is 2.29. The lowest BCUT2D eigenvalue weighted by Gasteiger charge is -2.08. The highest BCUT2D eigenvalue weighted by Gasteiger charge is 2.07. The van der Waals surface area contributed by atoms with Crippen molar-refractivity contribution in [2.75, 3.05) is 33.4 Å². The predicted octanol–water partition coefficient (Wildman–Crippen LogP) is 1.25. The van der Waals surface area contributed by atoms with Crippen LogP contribution in [0, 0.1) is 0 Å². The molecule has 0 aliphatic heterocycles. The van der Waals surface area contributed by atoms with Crippen molar-refractivity contribution >= 4 is 5.91 Å². The number of benzene rings is 1. The molecule has 0 bridgehead atoms. The van der Waals surface area contributed by atoms with Crippen LogP contribution in [0.2, 0.25) is 0 Å². The molecule has 0 unspecified atom stereocenters. The summed E-state index contributed by atoms with van der Waals surface area (Å²) in [6.45, 7) is -0.446. The summed E-state index contributed by atoms with van der Waals surface area (Å²) in [5, 5.41) is 5.79. The van der Waals surface area contributed by atoms with Gasteiger partial charge in [0.25, 0.3) is 5.91 Å². The highest BCUT2D eigenvalue weighted by atomic mass is 19.3. The number of halogens is 2. The van der Waals surface area contributed by atoms with E-state index in [2.05, 4.69) is 15.4 Å². The van der Waals surface area contributed by atoms with Crippen LogP contribution >= 0.6 is 0 Å². The van der Waals surface area contributed by atoms with Crippen molar-refractivity contribution in [3.05, 3.63) is 29.8 Å². The molecule has 7 heteroatoms. The van der Waals surface area contributed by atoms with E-state index >= 15 is 0 Å². The highest BCUT2D eigenvalue weighted by molar-refractivity contribution is 5.94. The molecule has 0 saturated carbocycles. The van der Waals surface area contributed by atoms with Gasteiger partial charge >= 0.3 is 6.61 Å². The van der Waals surface area contributed by atoms with Gasteiger partial charge in [-0.2, -0.15) is 8.78 Å². The standard InChI is InChI=1S/C13H18F2N2O3/c1-19-9-8-16-6-7-17-12(18)10-2-4-11(5-3-10)20-13(14)15/h2-5,13,16H,6-9H2,1H3,(H,17,18). The maximum atomic E-state index is 12.0. The van der Waals surface area contributed by atoms with Gasteiger partial charge in [-0.3, -0.25) is 4.79 Å². The van der Waals surface area contributed by atoms with E-state index in [9.17, 15) is 13.6 Å². The quantitative estimate of drug-likeness (QED) is 0.672. The molecule has 112 valence electrons. The van der Waals surface area contributed by atoms with E-state index in [4.69, 9.17) is 4.74 Å². The number of nitrogens with one attached hydrogen (secondary N) is 2. The van der Waals surface area contributed by atoms with Crippen molar-refractivity contribution in [1.82, 2.24) is 10.6 Å². The van der Waals surface area contributed by atoms with Gasteiger partial charge in [-0.1, -0.05) is 0 Å². The molecule has 0 atom stereocenters. The molecule has 0 radical (unpaired) electrons. The maximum Gasteiger partial charge on any atom is 0.387 e. The van der Waals surface area contributed by atoms with Crippen LogP contribution in [0.15, 0.2) is 24.3 Å². The van der Waals surface area contributed by atoms with Gasteiger partial charge in [0, 0.05) is 32.3 Å². The van der Waals surface area contributed by atoms with E-state index in [1.807, 2.05) is 0 Å². The van der Waals surface area contributed by atoms with Crippen LogP contribution in [0.1, 0.15) is 10.4 Å². The summed E-state index contributed by atoms with van der Waals surface area (Å²) in [6, 6.07) is 5.53. The topological polar surface area (TPSA) is 59.6 Å². The Kier molecular flexibility index (Phi) is 7.52. The molecule has 5 nitrogen and oxygen atoms in total. The van der Waals surface area contributed by atoms with Gasteiger partial charge in [0.1, 0.15) is 5.75 Å². The first-order chi connectivity index (χ1) is 9.63. The molecule has 0 aliphatic carbocycles. The summed E-state index contributed by atoms with van der Waals surface area (Å²) in [7, 11) is 1.62. The minimum atomic E-state index is -2.87. The van der Waals surface area contributed by atoms with Gasteiger partial charge in [0.2, 0.25) is 0 Å². The molecule has 0 fully saturated rings. The van der Waals surface area contributed by atoms with Gasteiger partial charge < -0.3 is 20.1 Å². The third kappa shape index (κ3) is 6.44. The lowest BCUT2D eigenvalue weighted by molar-refractivity contribution is -0.0498. The van der Waals surface area contributed by atoms with Crippen molar-refractivity contribution < 1.29 is 23.0 Å². The van der Waals surface area contributed by atoms with Crippen LogP contribution in [0.25, 0.3) is 0 Å². The smallest absolute Gasteiger partial charge is 0.387 e. The minimum Gasteiger partial charge on any atom is -0.435 e. The Morgan fingerprint density at radius 1 is 1.20 bits per heavy atom. The number of methoxy groups -OCH3 is 1. The largest absolute Gasteiger partial charge is 0.435 e. The summed E-state index contributed by atoms with van der Waals surface area (Å²) < 4.78 is 33.0. The van der Waals surface area contributed by atoms with Crippen LogP contribution in [0.3, 0.4) is 0 Å². The normalized spacial score (nSPS) is 10.6. The second kappa shape index (κ2) is 9.22. The molecular formula is C13H18F2N2O3. The van der Waals surface area contributed by atoms with E-state index in [-0.39, 0.29) is 11.7 Å². The molecule has 0 saturated heterocycles. The molecule has 20 heavy (non-hydrogen) atoms. The zero-order valence-electron chi connectivity index (χ0n) is 11.2. The fraction of sp³-hybridized carbons (Fsp3) is 0.462. The van der Waals surface area contributed by atoms with E-state index < -0.39 is 6.61 Å². The molecule has 1 aromatic carbocycles. The number of alkyl halides is 2. The third-order valence-electron chi connectivity index (χ3n) is 2.41. The third-order valence-corrected chi connectivity index (χ3v) is 2.41. The Morgan fingerprint density at radius 3 is 2.50 bits per heavy atom. The van der Waals surface area contributed by atoms with Crippen LogP contribution in [0.4, 0.5) is 8.78 Å². The van der Waals surface area contributed by atoms with Crippen LogP contribution < -0.4 is 15.4 Å². The molecule has 1 aromatic rings. The Bertz CT molecular complexity index is 399. The van der Waals surface area contributed by atoms with Crippen molar-refractivity contribution in [1.29, 1.82) is 0 Å². The average molecular weight is 288 g/mol. The van der Waals surface area contributed by atoms with Crippen LogP contribution in [-0.4, -0.2) is 45.9 Å². The van der Waals surface area contributed by atoms with Crippen molar-refractivity contribution in [3.63, 3.8) is 0 Å². The van der Waals surface area contributed by atoms with Gasteiger partial charge in [-0.15, -0.1) is 0 Å². The van der Waals surface area contributed by atoms with E-state index in [1.54, 1.807) is 7.11 Å². The number of amides is 1. The summed E-state index contributed by atoms with van der Waals surface area (Å²) in [6.07, 6.45) is 0. The SMILES string of the molecule is COCCNCCNC(=O)c1ccc(OC(F)F)cc1. The van der Waals surface area contributed by atoms with Crippen LogP contribution in [0.5, 0.6) is 5.75 Å². The molecule has 0 aliphatic rings. The predicted molar refractivity (Wildman–Crippen MR) is 70.2 cm³/mol. The number of hydrogen-bond acceptors (Lipinski definition) is 4. The number of carbonyl (C=O) groups excluding carboxylic acids is 1. The minimum absolute atomic E-state index is 0.0257. The molecule has 1 rings (SSSR count). The van der Waals surface area contributed by atoms with Gasteiger partial charge in [-0.25, -0.2) is 0 Å². The lowest BCUT2D eigenvalue weighted by Crippen LogP contribution is -2.33.